The zero-order valence-corrected chi connectivity index (χ0v) is 13.8. The number of carbonyl (C=O) groups excluding carboxylic acids is 1. The molecule has 1 aromatic heterocycles. The van der Waals surface area contributed by atoms with Crippen molar-refractivity contribution in [2.24, 2.45) is 7.05 Å². The van der Waals surface area contributed by atoms with Gasteiger partial charge in [0.1, 0.15) is 5.82 Å². The van der Waals surface area contributed by atoms with E-state index in [2.05, 4.69) is 10.3 Å². The zero-order chi connectivity index (χ0) is 17.4. The minimum absolute atomic E-state index is 0.227. The summed E-state index contributed by atoms with van der Waals surface area (Å²) in [6, 6.07) is 8.85. The first-order valence-corrected chi connectivity index (χ1v) is 7.58. The second kappa shape index (κ2) is 6.01. The number of aromatic amines is 1. The third-order valence-corrected chi connectivity index (χ3v) is 4.18. The molecule has 2 aromatic carbocycles. The molecule has 7 heteroatoms. The van der Waals surface area contributed by atoms with Gasteiger partial charge in [-0.05, 0) is 61.1 Å². The number of fused-ring (bicyclic) bond motifs is 1. The third kappa shape index (κ3) is 2.85. The van der Waals surface area contributed by atoms with Crippen LogP contribution in [0.2, 0.25) is 0 Å². The quantitative estimate of drug-likeness (QED) is 0.702. The fraction of sp³-hybridized carbons (Fsp3) is 0.118. The van der Waals surface area contributed by atoms with Gasteiger partial charge in [-0.15, -0.1) is 0 Å². The summed E-state index contributed by atoms with van der Waals surface area (Å²) < 4.78 is 14.7. The first-order chi connectivity index (χ1) is 11.4. The van der Waals surface area contributed by atoms with E-state index in [1.807, 2.05) is 0 Å². The third-order valence-electron chi connectivity index (χ3n) is 3.80. The predicted molar refractivity (Wildman–Crippen MR) is 93.5 cm³/mol. The van der Waals surface area contributed by atoms with Gasteiger partial charge in [0, 0.05) is 18.3 Å². The van der Waals surface area contributed by atoms with E-state index >= 15 is 0 Å². The van der Waals surface area contributed by atoms with Crippen LogP contribution < -0.4 is 10.9 Å². The Morgan fingerprint density at radius 3 is 2.71 bits per heavy atom. The summed E-state index contributed by atoms with van der Waals surface area (Å²) in [5.41, 5.74) is 1.78. The number of hydrogen-bond acceptors (Lipinski definition) is 3. The molecule has 0 aliphatic carbocycles. The van der Waals surface area contributed by atoms with Gasteiger partial charge in [-0.1, -0.05) is 0 Å². The maximum Gasteiger partial charge on any atom is 0.261 e. The van der Waals surface area contributed by atoms with Crippen LogP contribution in [-0.2, 0) is 7.05 Å². The molecule has 0 bridgehead atoms. The number of nitrogens with one attached hydrogen (secondary N) is 2. The van der Waals surface area contributed by atoms with Crippen molar-refractivity contribution in [3.8, 4) is 0 Å². The number of carbonyl (C=O) groups is 1. The van der Waals surface area contributed by atoms with Gasteiger partial charge in [-0.25, -0.2) is 4.39 Å². The maximum absolute atomic E-state index is 13.1. The number of H-pyrrole nitrogens is 1. The van der Waals surface area contributed by atoms with Gasteiger partial charge in [0.2, 0.25) is 0 Å². The average molecular weight is 343 g/mol. The molecule has 0 aliphatic rings. The standard InChI is InChI=1S/C17H14FN3O2S/c1-9-7-11(18)4-6-13(9)19-15(22)10-3-5-12-14(8-10)20-17(24)21(2)16(12)23/h3-8H,1-2H3,(H,19,22)(H,20,24). The number of nitrogens with zero attached hydrogens (tertiary/aromatic N) is 1. The minimum Gasteiger partial charge on any atom is -0.332 e. The van der Waals surface area contributed by atoms with E-state index < -0.39 is 0 Å². The first kappa shape index (κ1) is 16.1. The number of amides is 1. The van der Waals surface area contributed by atoms with E-state index in [-0.39, 0.29) is 22.1 Å². The number of anilines is 1. The summed E-state index contributed by atoms with van der Waals surface area (Å²) in [7, 11) is 1.58. The van der Waals surface area contributed by atoms with E-state index in [0.717, 1.165) is 0 Å². The highest BCUT2D eigenvalue weighted by atomic mass is 32.1. The fourth-order valence-electron chi connectivity index (χ4n) is 2.41. The number of rotatable bonds is 2. The molecule has 0 unspecified atom stereocenters. The lowest BCUT2D eigenvalue weighted by Gasteiger charge is -2.09. The van der Waals surface area contributed by atoms with Crippen LogP contribution in [0.4, 0.5) is 10.1 Å². The molecule has 0 spiro atoms. The Bertz CT molecular complexity index is 1090. The van der Waals surface area contributed by atoms with Crippen molar-refractivity contribution in [2.45, 2.75) is 6.92 Å². The van der Waals surface area contributed by atoms with Gasteiger partial charge in [0.15, 0.2) is 4.77 Å². The summed E-state index contributed by atoms with van der Waals surface area (Å²) in [5, 5.41) is 3.18. The molecule has 3 aromatic rings. The van der Waals surface area contributed by atoms with Crippen LogP contribution in [0.5, 0.6) is 0 Å². The fourth-order valence-corrected chi connectivity index (χ4v) is 2.60. The second-order valence-electron chi connectivity index (χ2n) is 5.47. The molecule has 3 rings (SSSR count). The Morgan fingerprint density at radius 1 is 1.25 bits per heavy atom. The smallest absolute Gasteiger partial charge is 0.261 e. The lowest BCUT2D eigenvalue weighted by atomic mass is 10.1. The average Bonchev–Trinajstić information content (AvgIpc) is 2.54. The van der Waals surface area contributed by atoms with E-state index in [9.17, 15) is 14.0 Å². The summed E-state index contributed by atoms with van der Waals surface area (Å²) >= 11 is 5.08. The Morgan fingerprint density at radius 2 is 2.00 bits per heavy atom. The van der Waals surface area contributed by atoms with Crippen LogP contribution in [0, 0.1) is 17.5 Å². The van der Waals surface area contributed by atoms with Crippen molar-refractivity contribution >= 4 is 34.7 Å². The maximum atomic E-state index is 13.1. The molecule has 5 nitrogen and oxygen atoms in total. The molecule has 122 valence electrons. The number of halogens is 1. The number of aryl methyl sites for hydroxylation is 1. The van der Waals surface area contributed by atoms with Crippen LogP contribution in [0.1, 0.15) is 15.9 Å². The van der Waals surface area contributed by atoms with E-state index in [1.165, 1.54) is 22.8 Å². The highest BCUT2D eigenvalue weighted by molar-refractivity contribution is 7.71. The lowest BCUT2D eigenvalue weighted by Crippen LogP contribution is -2.19. The van der Waals surface area contributed by atoms with Crippen LogP contribution in [0.15, 0.2) is 41.2 Å². The summed E-state index contributed by atoms with van der Waals surface area (Å²) in [4.78, 5) is 27.5. The van der Waals surface area contributed by atoms with Gasteiger partial charge in [-0.2, -0.15) is 0 Å². The summed E-state index contributed by atoms with van der Waals surface area (Å²) in [6.07, 6.45) is 0. The number of hydrogen-bond donors (Lipinski definition) is 2. The highest BCUT2D eigenvalue weighted by Gasteiger charge is 2.11. The molecule has 24 heavy (non-hydrogen) atoms. The lowest BCUT2D eigenvalue weighted by molar-refractivity contribution is 0.102. The molecule has 0 aliphatic heterocycles. The molecule has 0 saturated carbocycles. The van der Waals surface area contributed by atoms with Gasteiger partial charge in [0.05, 0.1) is 10.9 Å². The Labute approximate surface area is 141 Å². The van der Waals surface area contributed by atoms with Crippen molar-refractivity contribution < 1.29 is 9.18 Å². The van der Waals surface area contributed by atoms with Crippen molar-refractivity contribution in [3.63, 3.8) is 0 Å². The van der Waals surface area contributed by atoms with Crippen LogP contribution in [0.25, 0.3) is 10.9 Å². The number of benzene rings is 2. The topological polar surface area (TPSA) is 66.9 Å². The van der Waals surface area contributed by atoms with Gasteiger partial charge < -0.3 is 10.3 Å². The molecular formula is C17H14FN3O2S. The van der Waals surface area contributed by atoms with Crippen molar-refractivity contribution in [1.82, 2.24) is 9.55 Å². The van der Waals surface area contributed by atoms with Crippen LogP contribution in [-0.4, -0.2) is 15.5 Å². The summed E-state index contributed by atoms with van der Waals surface area (Å²) in [6.45, 7) is 1.71. The molecule has 0 radical (unpaired) electrons. The Hall–Kier alpha value is -2.80. The van der Waals surface area contributed by atoms with E-state index in [1.54, 1.807) is 32.2 Å². The SMILES string of the molecule is Cc1cc(F)ccc1NC(=O)c1ccc2c(=O)n(C)c(=S)[nH]c2c1. The Kier molecular flexibility index (Phi) is 4.02. The van der Waals surface area contributed by atoms with Gasteiger partial charge >= 0.3 is 0 Å². The normalized spacial score (nSPS) is 10.8. The molecule has 2 N–H and O–H groups in total. The predicted octanol–water partition coefficient (Wildman–Crippen LogP) is 3.30. The van der Waals surface area contributed by atoms with Crippen LogP contribution in [0.3, 0.4) is 0 Å². The molecule has 1 amide bonds. The minimum atomic E-state index is -0.361. The molecule has 0 atom stereocenters. The summed E-state index contributed by atoms with van der Waals surface area (Å²) in [5.74, 6) is -0.716. The van der Waals surface area contributed by atoms with Crippen LogP contribution >= 0.6 is 12.2 Å². The van der Waals surface area contributed by atoms with Crippen molar-refractivity contribution in [3.05, 3.63) is 68.5 Å². The molecular weight excluding hydrogens is 329 g/mol. The second-order valence-corrected chi connectivity index (χ2v) is 5.85. The highest BCUT2D eigenvalue weighted by Crippen LogP contribution is 2.18. The van der Waals surface area contributed by atoms with E-state index in [4.69, 9.17) is 12.2 Å². The van der Waals surface area contributed by atoms with Crippen molar-refractivity contribution in [1.29, 1.82) is 0 Å². The Balaban J connectivity index is 2.00. The van der Waals surface area contributed by atoms with Gasteiger partial charge in [-0.3, -0.25) is 14.2 Å². The van der Waals surface area contributed by atoms with E-state index in [0.29, 0.717) is 27.7 Å². The molecule has 0 saturated heterocycles. The van der Waals surface area contributed by atoms with Gasteiger partial charge in [0.25, 0.3) is 11.5 Å². The monoisotopic (exact) mass is 343 g/mol. The molecule has 0 fully saturated rings. The number of aromatic nitrogens is 2. The zero-order valence-electron chi connectivity index (χ0n) is 13.0. The van der Waals surface area contributed by atoms with Crippen molar-refractivity contribution in [2.75, 3.05) is 5.32 Å². The first-order valence-electron chi connectivity index (χ1n) is 7.17. The molecule has 1 heterocycles. The largest absolute Gasteiger partial charge is 0.332 e.